The van der Waals surface area contributed by atoms with E-state index in [1.165, 1.54) is 17.0 Å². The number of anilines is 1. The lowest BCUT2D eigenvalue weighted by atomic mass is 10.2. The minimum atomic E-state index is -0.441. The number of amides is 1. The Labute approximate surface area is 143 Å². The van der Waals surface area contributed by atoms with Gasteiger partial charge < -0.3 is 4.74 Å². The quantitative estimate of drug-likeness (QED) is 0.662. The molecule has 116 valence electrons. The van der Waals surface area contributed by atoms with Gasteiger partial charge in [0.1, 0.15) is 12.4 Å². The van der Waals surface area contributed by atoms with Gasteiger partial charge in [-0.3, -0.25) is 4.90 Å². The van der Waals surface area contributed by atoms with E-state index in [0.29, 0.717) is 9.26 Å². The SMILES string of the molecule is CC(C)N(C(=O)OCc1ccccc1)c1ccc(F)cc1I. The van der Waals surface area contributed by atoms with E-state index >= 15 is 0 Å². The van der Waals surface area contributed by atoms with Crippen molar-refractivity contribution in [3.63, 3.8) is 0 Å². The van der Waals surface area contributed by atoms with Gasteiger partial charge >= 0.3 is 6.09 Å². The third-order valence-corrected chi connectivity index (χ3v) is 3.95. The summed E-state index contributed by atoms with van der Waals surface area (Å²) in [5, 5.41) is 0. The second-order valence-corrected chi connectivity index (χ2v) is 6.26. The van der Waals surface area contributed by atoms with Crippen molar-refractivity contribution >= 4 is 34.4 Å². The third kappa shape index (κ3) is 4.19. The molecule has 0 atom stereocenters. The lowest BCUT2D eigenvalue weighted by Crippen LogP contribution is -2.38. The molecule has 2 aromatic rings. The van der Waals surface area contributed by atoms with Crippen molar-refractivity contribution in [1.82, 2.24) is 0 Å². The van der Waals surface area contributed by atoms with Gasteiger partial charge in [-0.05, 0) is 60.2 Å². The number of halogens is 2. The molecule has 0 unspecified atom stereocenters. The van der Waals surface area contributed by atoms with Crippen LogP contribution in [0.4, 0.5) is 14.9 Å². The van der Waals surface area contributed by atoms with E-state index in [0.717, 1.165) is 5.56 Å². The van der Waals surface area contributed by atoms with Gasteiger partial charge in [0.2, 0.25) is 0 Å². The zero-order valence-corrected chi connectivity index (χ0v) is 14.6. The maximum Gasteiger partial charge on any atom is 0.414 e. The van der Waals surface area contributed by atoms with Crippen LogP contribution in [0, 0.1) is 9.39 Å². The van der Waals surface area contributed by atoms with Crippen molar-refractivity contribution in [2.75, 3.05) is 4.90 Å². The van der Waals surface area contributed by atoms with Crippen LogP contribution in [0.5, 0.6) is 0 Å². The molecule has 0 bridgehead atoms. The van der Waals surface area contributed by atoms with E-state index in [2.05, 4.69) is 0 Å². The average Bonchev–Trinajstić information content (AvgIpc) is 2.48. The Kier molecular flexibility index (Phi) is 5.76. The highest BCUT2D eigenvalue weighted by atomic mass is 127. The molecule has 0 aliphatic carbocycles. The van der Waals surface area contributed by atoms with E-state index in [1.807, 2.05) is 66.8 Å². The maximum absolute atomic E-state index is 13.2. The number of nitrogens with zero attached hydrogens (tertiary/aromatic N) is 1. The Hall–Kier alpha value is -1.63. The van der Waals surface area contributed by atoms with Gasteiger partial charge in [-0.15, -0.1) is 0 Å². The molecule has 3 nitrogen and oxygen atoms in total. The number of hydrogen-bond acceptors (Lipinski definition) is 2. The molecule has 1 amide bonds. The average molecular weight is 413 g/mol. The van der Waals surface area contributed by atoms with E-state index in [4.69, 9.17) is 4.74 Å². The van der Waals surface area contributed by atoms with Gasteiger partial charge in [-0.1, -0.05) is 30.3 Å². The highest BCUT2D eigenvalue weighted by molar-refractivity contribution is 14.1. The fourth-order valence-corrected chi connectivity index (χ4v) is 2.79. The monoisotopic (exact) mass is 413 g/mol. The normalized spacial score (nSPS) is 10.6. The number of ether oxygens (including phenoxy) is 1. The molecule has 0 radical (unpaired) electrons. The van der Waals surface area contributed by atoms with Crippen LogP contribution in [0.15, 0.2) is 48.5 Å². The van der Waals surface area contributed by atoms with Gasteiger partial charge in [-0.2, -0.15) is 0 Å². The second-order valence-electron chi connectivity index (χ2n) is 5.10. The van der Waals surface area contributed by atoms with E-state index in [9.17, 15) is 9.18 Å². The minimum absolute atomic E-state index is 0.0951. The summed E-state index contributed by atoms with van der Waals surface area (Å²) in [6.45, 7) is 3.99. The van der Waals surface area contributed by atoms with Crippen molar-refractivity contribution < 1.29 is 13.9 Å². The van der Waals surface area contributed by atoms with Crippen molar-refractivity contribution in [2.24, 2.45) is 0 Å². The van der Waals surface area contributed by atoms with Crippen LogP contribution in [0.2, 0.25) is 0 Å². The maximum atomic E-state index is 13.2. The van der Waals surface area contributed by atoms with Gasteiger partial charge in [0.15, 0.2) is 0 Å². The summed E-state index contributed by atoms with van der Waals surface area (Å²) in [4.78, 5) is 13.9. The molecule has 0 aliphatic heterocycles. The Balaban J connectivity index is 2.15. The number of carbonyl (C=O) groups is 1. The number of benzene rings is 2. The van der Waals surface area contributed by atoms with Crippen LogP contribution in [-0.4, -0.2) is 12.1 Å². The van der Waals surface area contributed by atoms with Crippen LogP contribution in [0.1, 0.15) is 19.4 Å². The van der Waals surface area contributed by atoms with E-state index in [-0.39, 0.29) is 18.5 Å². The Bertz CT molecular complexity index is 646. The molecular formula is C17H17FINO2. The highest BCUT2D eigenvalue weighted by Crippen LogP contribution is 2.26. The van der Waals surface area contributed by atoms with Crippen LogP contribution in [0.25, 0.3) is 0 Å². The largest absolute Gasteiger partial charge is 0.444 e. The predicted molar refractivity (Wildman–Crippen MR) is 93.4 cm³/mol. The summed E-state index contributed by atoms with van der Waals surface area (Å²) in [5.74, 6) is -0.325. The first kappa shape index (κ1) is 16.7. The van der Waals surface area contributed by atoms with Crippen LogP contribution < -0.4 is 4.90 Å². The van der Waals surface area contributed by atoms with Crippen molar-refractivity contribution in [3.05, 3.63) is 63.5 Å². The summed E-state index contributed by atoms with van der Waals surface area (Å²) in [6.07, 6.45) is -0.441. The summed E-state index contributed by atoms with van der Waals surface area (Å²) >= 11 is 2.02. The predicted octanol–water partition coefficient (Wildman–Crippen LogP) is 4.98. The van der Waals surface area contributed by atoms with E-state index in [1.54, 1.807) is 6.07 Å². The second kappa shape index (κ2) is 7.58. The zero-order chi connectivity index (χ0) is 16.1. The Morgan fingerprint density at radius 3 is 2.50 bits per heavy atom. The van der Waals surface area contributed by atoms with Crippen molar-refractivity contribution in [1.29, 1.82) is 0 Å². The molecular weight excluding hydrogens is 396 g/mol. The van der Waals surface area contributed by atoms with Gasteiger partial charge in [-0.25, -0.2) is 9.18 Å². The van der Waals surface area contributed by atoms with Gasteiger partial charge in [0.05, 0.1) is 5.69 Å². The molecule has 0 aliphatic rings. The number of carbonyl (C=O) groups excluding carboxylic acids is 1. The highest BCUT2D eigenvalue weighted by Gasteiger charge is 2.22. The lowest BCUT2D eigenvalue weighted by molar-refractivity contribution is 0.145. The molecule has 0 heterocycles. The molecule has 2 aromatic carbocycles. The molecule has 0 spiro atoms. The summed E-state index contributed by atoms with van der Waals surface area (Å²) in [7, 11) is 0. The first-order chi connectivity index (χ1) is 10.5. The molecule has 0 aromatic heterocycles. The third-order valence-electron chi connectivity index (χ3n) is 3.09. The lowest BCUT2D eigenvalue weighted by Gasteiger charge is -2.27. The van der Waals surface area contributed by atoms with Crippen molar-refractivity contribution in [2.45, 2.75) is 26.5 Å². The summed E-state index contributed by atoms with van der Waals surface area (Å²) in [5.41, 5.74) is 1.57. The summed E-state index contributed by atoms with van der Waals surface area (Å²) in [6, 6.07) is 13.7. The molecule has 22 heavy (non-hydrogen) atoms. The fourth-order valence-electron chi connectivity index (χ4n) is 2.05. The molecule has 5 heteroatoms. The molecule has 0 saturated heterocycles. The van der Waals surface area contributed by atoms with Crippen LogP contribution in [-0.2, 0) is 11.3 Å². The van der Waals surface area contributed by atoms with Crippen LogP contribution in [0.3, 0.4) is 0 Å². The Morgan fingerprint density at radius 2 is 1.91 bits per heavy atom. The fraction of sp³-hybridized carbons (Fsp3) is 0.235. The molecule has 0 fully saturated rings. The molecule has 0 saturated carbocycles. The van der Waals surface area contributed by atoms with Crippen molar-refractivity contribution in [3.8, 4) is 0 Å². The van der Waals surface area contributed by atoms with Gasteiger partial charge in [0.25, 0.3) is 0 Å². The first-order valence-corrected chi connectivity index (χ1v) is 8.02. The number of rotatable bonds is 4. The van der Waals surface area contributed by atoms with E-state index < -0.39 is 6.09 Å². The Morgan fingerprint density at radius 1 is 1.23 bits per heavy atom. The molecule has 0 N–H and O–H groups in total. The van der Waals surface area contributed by atoms with Crippen LogP contribution >= 0.6 is 22.6 Å². The topological polar surface area (TPSA) is 29.5 Å². The summed E-state index contributed by atoms with van der Waals surface area (Å²) < 4.78 is 19.3. The zero-order valence-electron chi connectivity index (χ0n) is 12.4. The minimum Gasteiger partial charge on any atom is -0.444 e. The van der Waals surface area contributed by atoms with Gasteiger partial charge in [0, 0.05) is 9.61 Å². The molecule has 2 rings (SSSR count). The number of hydrogen-bond donors (Lipinski definition) is 0. The first-order valence-electron chi connectivity index (χ1n) is 6.94. The smallest absolute Gasteiger partial charge is 0.414 e. The standard InChI is InChI=1S/C17H17FINO2/c1-12(2)20(16-9-8-14(18)10-15(16)19)17(21)22-11-13-6-4-3-5-7-13/h3-10,12H,11H2,1-2H3.